The van der Waals surface area contributed by atoms with E-state index in [0.29, 0.717) is 61.4 Å². The minimum Gasteiger partial charge on any atom is -0.461 e. The van der Waals surface area contributed by atoms with E-state index in [1.807, 2.05) is 6.92 Å². The molecule has 0 saturated carbocycles. The number of hydrogen-bond donors (Lipinski definition) is 2. The molecule has 0 aliphatic carbocycles. The molecule has 3 aromatic rings. The molecule has 4 aliphatic rings. The van der Waals surface area contributed by atoms with Gasteiger partial charge in [-0.15, -0.1) is 6.42 Å². The number of ether oxygens (including phenoxy) is 2. The van der Waals surface area contributed by atoms with Crippen LogP contribution in [0.25, 0.3) is 10.8 Å². The number of alkyl halides is 1. The predicted octanol–water partition coefficient (Wildman–Crippen LogP) is 4.45. The van der Waals surface area contributed by atoms with Crippen LogP contribution in [0.15, 0.2) is 24.3 Å². The first-order valence-corrected chi connectivity index (χ1v) is 15.1. The molecule has 10 heteroatoms. The van der Waals surface area contributed by atoms with Crippen molar-refractivity contribution in [1.82, 2.24) is 14.9 Å². The number of terminal acetylenes is 1. The molecule has 8 nitrogen and oxygen atoms in total. The van der Waals surface area contributed by atoms with Gasteiger partial charge in [0.15, 0.2) is 0 Å². The zero-order valence-corrected chi connectivity index (χ0v) is 24.4. The summed E-state index contributed by atoms with van der Waals surface area (Å²) in [5, 5.41) is 12.2. The van der Waals surface area contributed by atoms with Crippen molar-refractivity contribution in [1.29, 1.82) is 0 Å². The molecule has 43 heavy (non-hydrogen) atoms. The number of β-amino-alcohol motifs (C(OH)–C–C–N with tert-alkyl or cyclic N) is 1. The first-order chi connectivity index (χ1) is 20.6. The van der Waals surface area contributed by atoms with Crippen molar-refractivity contribution in [2.24, 2.45) is 0 Å². The molecule has 4 atom stereocenters. The van der Waals surface area contributed by atoms with Crippen molar-refractivity contribution in [3.8, 4) is 18.4 Å². The molecule has 2 unspecified atom stereocenters. The fourth-order valence-electron chi connectivity index (χ4n) is 7.70. The molecule has 5 heterocycles. The van der Waals surface area contributed by atoms with Gasteiger partial charge in [-0.2, -0.15) is 9.97 Å². The Balaban J connectivity index is 1.27. The highest BCUT2D eigenvalue weighted by atomic mass is 19.1. The molecule has 0 spiro atoms. The Morgan fingerprint density at radius 2 is 2.07 bits per heavy atom. The van der Waals surface area contributed by atoms with Crippen LogP contribution in [-0.2, 0) is 17.8 Å². The number of hydrogen-bond acceptors (Lipinski definition) is 8. The fraction of sp³-hybridized carbons (Fsp3) is 0.515. The first kappa shape index (κ1) is 28.3. The molecule has 4 aliphatic heterocycles. The zero-order valence-electron chi connectivity index (χ0n) is 24.4. The maximum absolute atomic E-state index is 14.8. The van der Waals surface area contributed by atoms with Crippen LogP contribution in [0.1, 0.15) is 67.5 Å². The normalized spacial score (nSPS) is 29.0. The van der Waals surface area contributed by atoms with Crippen molar-refractivity contribution in [3.05, 3.63) is 52.5 Å². The van der Waals surface area contributed by atoms with Crippen LogP contribution in [-0.4, -0.2) is 70.1 Å². The number of aliphatic hydroxyl groups is 1. The Morgan fingerprint density at radius 3 is 2.88 bits per heavy atom. The molecule has 0 radical (unpaired) electrons. The summed E-state index contributed by atoms with van der Waals surface area (Å²) in [6.45, 7) is 4.83. The van der Waals surface area contributed by atoms with Crippen molar-refractivity contribution >= 4 is 22.3 Å². The predicted molar refractivity (Wildman–Crippen MR) is 160 cm³/mol. The Hall–Kier alpha value is -3.52. The summed E-state index contributed by atoms with van der Waals surface area (Å²) in [4.78, 5) is 14.0. The quantitative estimate of drug-likeness (QED) is 0.333. The monoisotopic (exact) mass is 589 g/mol. The largest absolute Gasteiger partial charge is 0.461 e. The van der Waals surface area contributed by atoms with Gasteiger partial charge in [0.25, 0.3) is 0 Å². The number of fused-ring (bicyclic) bond motifs is 3. The van der Waals surface area contributed by atoms with Gasteiger partial charge in [0, 0.05) is 49.1 Å². The van der Waals surface area contributed by atoms with Crippen LogP contribution in [0.2, 0.25) is 0 Å². The first-order valence-electron chi connectivity index (χ1n) is 15.1. The van der Waals surface area contributed by atoms with E-state index in [1.165, 1.54) is 6.07 Å². The second kappa shape index (κ2) is 10.6. The Morgan fingerprint density at radius 1 is 1.23 bits per heavy atom. The van der Waals surface area contributed by atoms with Crippen molar-refractivity contribution in [2.45, 2.75) is 75.5 Å². The minimum atomic E-state index is -0.858. The number of nitrogens with two attached hydrogens (primary N) is 1. The second-order valence-corrected chi connectivity index (χ2v) is 12.9. The SMILES string of the molecule is C#Cc1c(F)ccc2cc(N)cc(C3Cc4nc(OC[C@@]56CCCN5C[C@H](F)C6)nc(N5CCCC(C)(O)C5)c4CO3)c12. The molecule has 2 aromatic carbocycles. The standard InChI is InChI=1S/C33H37F2N5O3/c1-3-23-26(35)7-6-20-12-22(36)13-24(29(20)23)28-14-27-25(17-42-28)30(39-10-4-8-32(2,41)18-39)38-31(37-27)43-19-33-9-5-11-40(33)16-21(34)15-33/h1,6-7,12-13,21,28,41H,4-5,8-11,14-19,36H2,2H3/t21-,28?,32?,33+/m1/s1. The van der Waals surface area contributed by atoms with Crippen molar-refractivity contribution in [3.63, 3.8) is 0 Å². The molecule has 0 bridgehead atoms. The highest BCUT2D eigenvalue weighted by Crippen LogP contribution is 2.42. The Labute approximate surface area is 250 Å². The van der Waals surface area contributed by atoms with E-state index in [4.69, 9.17) is 31.6 Å². The maximum atomic E-state index is 14.8. The molecule has 226 valence electrons. The number of rotatable bonds is 5. The van der Waals surface area contributed by atoms with E-state index in [2.05, 4.69) is 15.7 Å². The summed E-state index contributed by atoms with van der Waals surface area (Å²) in [7, 11) is 0. The number of piperidine rings is 1. The van der Waals surface area contributed by atoms with Gasteiger partial charge in [-0.05, 0) is 68.3 Å². The number of nitrogen functional groups attached to an aromatic ring is 1. The average molecular weight is 590 g/mol. The third-order valence-corrected chi connectivity index (χ3v) is 9.67. The summed E-state index contributed by atoms with van der Waals surface area (Å²) in [5.41, 5.74) is 8.08. The molecule has 3 fully saturated rings. The van der Waals surface area contributed by atoms with Gasteiger partial charge in [-0.25, -0.2) is 8.78 Å². The molecule has 3 N–H and O–H groups in total. The summed E-state index contributed by atoms with van der Waals surface area (Å²) in [6.07, 6.45) is 8.65. The number of halogens is 2. The molecular weight excluding hydrogens is 552 g/mol. The van der Waals surface area contributed by atoms with Crippen LogP contribution in [0.5, 0.6) is 6.01 Å². The van der Waals surface area contributed by atoms with E-state index in [-0.39, 0.29) is 23.7 Å². The minimum absolute atomic E-state index is 0.174. The summed E-state index contributed by atoms with van der Waals surface area (Å²) >= 11 is 0. The second-order valence-electron chi connectivity index (χ2n) is 12.9. The molecular formula is C33H37F2N5O3. The molecule has 3 saturated heterocycles. The van der Waals surface area contributed by atoms with E-state index in [9.17, 15) is 13.9 Å². The van der Waals surface area contributed by atoms with Gasteiger partial charge in [0.2, 0.25) is 0 Å². The maximum Gasteiger partial charge on any atom is 0.318 e. The number of nitrogens with zero attached hydrogens (tertiary/aromatic N) is 4. The summed E-state index contributed by atoms with van der Waals surface area (Å²) < 4.78 is 42.0. The van der Waals surface area contributed by atoms with Crippen LogP contribution in [0.4, 0.5) is 20.3 Å². The summed E-state index contributed by atoms with van der Waals surface area (Å²) in [5.74, 6) is 2.72. The molecule has 0 amide bonds. The lowest BCUT2D eigenvalue weighted by atomic mass is 9.91. The molecule has 7 rings (SSSR count). The van der Waals surface area contributed by atoms with E-state index >= 15 is 0 Å². The van der Waals surface area contributed by atoms with E-state index < -0.39 is 23.7 Å². The smallest absolute Gasteiger partial charge is 0.318 e. The number of benzene rings is 2. The zero-order chi connectivity index (χ0) is 29.9. The van der Waals surface area contributed by atoms with E-state index in [1.54, 1.807) is 18.2 Å². The number of anilines is 2. The van der Waals surface area contributed by atoms with Gasteiger partial charge in [0.1, 0.15) is 24.4 Å². The van der Waals surface area contributed by atoms with Crippen LogP contribution >= 0.6 is 0 Å². The average Bonchev–Trinajstić information content (AvgIpc) is 3.50. The van der Waals surface area contributed by atoms with Crippen LogP contribution in [0, 0.1) is 18.2 Å². The fourth-order valence-corrected chi connectivity index (χ4v) is 7.70. The van der Waals surface area contributed by atoms with Crippen molar-refractivity contribution in [2.75, 3.05) is 43.4 Å². The van der Waals surface area contributed by atoms with Crippen LogP contribution in [0.3, 0.4) is 0 Å². The van der Waals surface area contributed by atoms with Crippen LogP contribution < -0.4 is 15.4 Å². The lowest BCUT2D eigenvalue weighted by Crippen LogP contribution is -2.47. The van der Waals surface area contributed by atoms with E-state index in [0.717, 1.165) is 49.0 Å². The van der Waals surface area contributed by atoms with Crippen molar-refractivity contribution < 1.29 is 23.4 Å². The topological polar surface area (TPSA) is 97.0 Å². The Bertz CT molecular complexity index is 1620. The summed E-state index contributed by atoms with van der Waals surface area (Å²) in [6, 6.07) is 6.83. The third kappa shape index (κ3) is 5.07. The lowest BCUT2D eigenvalue weighted by Gasteiger charge is -2.39. The Kier molecular flexibility index (Phi) is 6.95. The van der Waals surface area contributed by atoms with Gasteiger partial charge in [0.05, 0.1) is 35.1 Å². The third-order valence-electron chi connectivity index (χ3n) is 9.67. The van der Waals surface area contributed by atoms with Gasteiger partial charge >= 0.3 is 6.01 Å². The van der Waals surface area contributed by atoms with Gasteiger partial charge in [-0.1, -0.05) is 12.0 Å². The lowest BCUT2D eigenvalue weighted by molar-refractivity contribution is 0.0252. The highest BCUT2D eigenvalue weighted by Gasteiger charge is 2.49. The highest BCUT2D eigenvalue weighted by molar-refractivity contribution is 5.94. The molecule has 1 aromatic heterocycles. The van der Waals surface area contributed by atoms with Gasteiger partial charge in [-0.3, -0.25) is 4.90 Å². The number of aromatic nitrogens is 2. The van der Waals surface area contributed by atoms with Gasteiger partial charge < -0.3 is 25.2 Å².